The maximum Gasteiger partial charge on any atom is 0.254 e. The Kier molecular flexibility index (Phi) is 6.30. The lowest BCUT2D eigenvalue weighted by Crippen LogP contribution is -2.57. The maximum atomic E-state index is 13.7. The molecule has 4 saturated carbocycles. The van der Waals surface area contributed by atoms with Crippen molar-refractivity contribution < 1.29 is 17.9 Å². The number of halogens is 1. The molecule has 1 saturated heterocycles. The molecule has 4 aliphatic carbocycles. The molecule has 182 valence electrons. The molecule has 4 bridgehead atoms. The highest BCUT2D eigenvalue weighted by molar-refractivity contribution is 7.89. The van der Waals surface area contributed by atoms with E-state index in [4.69, 9.17) is 16.3 Å². The highest BCUT2D eigenvalue weighted by Gasteiger charge is 2.50. The summed E-state index contributed by atoms with van der Waals surface area (Å²) >= 11 is 6.38. The van der Waals surface area contributed by atoms with Gasteiger partial charge in [0.15, 0.2) is 0 Å². The van der Waals surface area contributed by atoms with Gasteiger partial charge in [0.05, 0.1) is 17.2 Å². The second-order valence-corrected chi connectivity index (χ2v) is 13.1. The summed E-state index contributed by atoms with van der Waals surface area (Å²) in [5, 5.41) is 0.149. The van der Waals surface area contributed by atoms with Gasteiger partial charge < -0.3 is 9.64 Å². The predicted molar refractivity (Wildman–Crippen MR) is 128 cm³/mol. The van der Waals surface area contributed by atoms with Crippen LogP contribution in [0.2, 0.25) is 5.02 Å². The molecule has 8 heteroatoms. The van der Waals surface area contributed by atoms with Crippen LogP contribution in [0.25, 0.3) is 0 Å². The van der Waals surface area contributed by atoms with Gasteiger partial charge in [-0.05, 0) is 94.7 Å². The number of benzene rings is 1. The summed E-state index contributed by atoms with van der Waals surface area (Å²) in [6.45, 7) is 6.95. The number of carbonyl (C=O) groups is 1. The quantitative estimate of drug-likeness (QED) is 0.607. The first-order valence-electron chi connectivity index (χ1n) is 12.4. The number of hydrogen-bond acceptors (Lipinski definition) is 4. The summed E-state index contributed by atoms with van der Waals surface area (Å²) in [6, 6.07) is 4.99. The average molecular weight is 495 g/mol. The molecule has 0 unspecified atom stereocenters. The van der Waals surface area contributed by atoms with Crippen LogP contribution in [-0.2, 0) is 14.8 Å². The summed E-state index contributed by atoms with van der Waals surface area (Å²) < 4.78 is 34.1. The van der Waals surface area contributed by atoms with Crippen LogP contribution in [0, 0.1) is 23.7 Å². The van der Waals surface area contributed by atoms with Crippen LogP contribution in [0.4, 0.5) is 0 Å². The molecule has 2 atom stereocenters. The van der Waals surface area contributed by atoms with Crippen LogP contribution in [0.1, 0.15) is 63.2 Å². The van der Waals surface area contributed by atoms with Crippen LogP contribution in [0.15, 0.2) is 23.1 Å². The standard InChI is InChI=1S/C25H35ClN2O4S/c1-4-28(24-20-8-17-7-18(10-20)11-21(24)9-17)25(29)19-5-6-22(26)23(12-19)33(30,31)27-13-15(2)32-16(3)14-27/h5-6,12,15-18,20-21,24H,4,7-11,13-14H2,1-3H3/t15-,16-,17?,18?,20?,21?,24?/m1/s1. The Bertz CT molecular complexity index is 991. The zero-order valence-corrected chi connectivity index (χ0v) is 21.3. The van der Waals surface area contributed by atoms with E-state index in [0.717, 1.165) is 11.8 Å². The molecule has 0 aromatic heterocycles. The van der Waals surface area contributed by atoms with Crippen LogP contribution >= 0.6 is 11.6 Å². The SMILES string of the molecule is CCN(C(=O)c1ccc(Cl)c(S(=O)(=O)N2C[C@@H](C)O[C@H](C)C2)c1)C1C2CC3CC(C2)CC1C3. The van der Waals surface area contributed by atoms with Crippen molar-refractivity contribution >= 4 is 27.5 Å². The number of hydrogen-bond donors (Lipinski definition) is 0. The maximum absolute atomic E-state index is 13.7. The van der Waals surface area contributed by atoms with Gasteiger partial charge in [-0.2, -0.15) is 4.31 Å². The van der Waals surface area contributed by atoms with Crippen molar-refractivity contribution in [3.8, 4) is 0 Å². The summed E-state index contributed by atoms with van der Waals surface area (Å²) in [6.07, 6.45) is 5.91. The van der Waals surface area contributed by atoms with Gasteiger partial charge in [-0.15, -0.1) is 0 Å². The number of amides is 1. The van der Waals surface area contributed by atoms with Crippen LogP contribution in [0.3, 0.4) is 0 Å². The topological polar surface area (TPSA) is 66.9 Å². The molecule has 33 heavy (non-hydrogen) atoms. The fraction of sp³-hybridized carbons (Fsp3) is 0.720. The first-order valence-corrected chi connectivity index (χ1v) is 14.2. The van der Waals surface area contributed by atoms with E-state index in [2.05, 4.69) is 0 Å². The van der Waals surface area contributed by atoms with Gasteiger partial charge in [0.2, 0.25) is 10.0 Å². The van der Waals surface area contributed by atoms with Gasteiger partial charge in [-0.1, -0.05) is 11.6 Å². The van der Waals surface area contributed by atoms with Crippen molar-refractivity contribution in [3.05, 3.63) is 28.8 Å². The summed E-state index contributed by atoms with van der Waals surface area (Å²) in [5.41, 5.74) is 0.406. The third-order valence-corrected chi connectivity index (χ3v) is 10.6. The normalized spacial score (nSPS) is 36.2. The third-order valence-electron chi connectivity index (χ3n) is 8.32. The lowest BCUT2D eigenvalue weighted by atomic mass is 9.54. The predicted octanol–water partition coefficient (Wildman–Crippen LogP) is 4.42. The third kappa shape index (κ3) is 4.24. The number of morpholine rings is 1. The molecule has 1 aliphatic heterocycles. The Morgan fingerprint density at radius 2 is 1.64 bits per heavy atom. The molecule has 6 rings (SSSR count). The molecule has 5 fully saturated rings. The smallest absolute Gasteiger partial charge is 0.254 e. The largest absolute Gasteiger partial charge is 0.373 e. The Balaban J connectivity index is 1.43. The molecule has 1 aromatic rings. The molecule has 6 nitrogen and oxygen atoms in total. The zero-order chi connectivity index (χ0) is 23.5. The Hall–Kier alpha value is -1.15. The van der Waals surface area contributed by atoms with E-state index >= 15 is 0 Å². The van der Waals surface area contributed by atoms with Crippen molar-refractivity contribution in [1.29, 1.82) is 0 Å². The molecular formula is C25H35ClN2O4S. The monoisotopic (exact) mass is 494 g/mol. The van der Waals surface area contributed by atoms with Gasteiger partial charge >= 0.3 is 0 Å². The number of rotatable bonds is 5. The van der Waals surface area contributed by atoms with Gasteiger partial charge in [-0.25, -0.2) is 8.42 Å². The minimum Gasteiger partial charge on any atom is -0.373 e. The number of ether oxygens (including phenoxy) is 1. The van der Waals surface area contributed by atoms with Gasteiger partial charge in [0.1, 0.15) is 4.90 Å². The van der Waals surface area contributed by atoms with Crippen LogP contribution < -0.4 is 0 Å². The molecule has 0 radical (unpaired) electrons. The minimum absolute atomic E-state index is 0.0115. The Morgan fingerprint density at radius 3 is 2.18 bits per heavy atom. The van der Waals surface area contributed by atoms with E-state index in [9.17, 15) is 13.2 Å². The van der Waals surface area contributed by atoms with E-state index in [1.807, 2.05) is 25.7 Å². The second-order valence-electron chi connectivity index (χ2n) is 10.7. The molecular weight excluding hydrogens is 460 g/mol. The van der Waals surface area contributed by atoms with Gasteiger partial charge in [0, 0.05) is 31.2 Å². The Labute approximate surface area is 202 Å². The Morgan fingerprint density at radius 1 is 1.06 bits per heavy atom. The fourth-order valence-electron chi connectivity index (χ4n) is 7.36. The number of sulfonamides is 1. The van der Waals surface area contributed by atoms with E-state index in [-0.39, 0.29) is 47.2 Å². The average Bonchev–Trinajstić information content (AvgIpc) is 2.75. The minimum atomic E-state index is -3.84. The second kappa shape index (κ2) is 8.81. The lowest BCUT2D eigenvalue weighted by molar-refractivity contribution is -0.0543. The van der Waals surface area contributed by atoms with E-state index in [1.54, 1.807) is 12.1 Å². The van der Waals surface area contributed by atoms with E-state index in [1.165, 1.54) is 42.5 Å². The zero-order valence-electron chi connectivity index (χ0n) is 19.7. The molecule has 1 heterocycles. The first kappa shape index (κ1) is 23.6. The molecule has 1 aromatic carbocycles. The fourth-order valence-corrected chi connectivity index (χ4v) is 9.45. The molecule has 5 aliphatic rings. The van der Waals surface area contributed by atoms with Gasteiger partial charge in [0.25, 0.3) is 5.91 Å². The number of nitrogens with zero attached hydrogens (tertiary/aromatic N) is 2. The van der Waals surface area contributed by atoms with E-state index < -0.39 is 10.0 Å². The van der Waals surface area contributed by atoms with Crippen molar-refractivity contribution in [1.82, 2.24) is 9.21 Å². The summed E-state index contributed by atoms with van der Waals surface area (Å²) in [5.74, 6) is 2.76. The van der Waals surface area contributed by atoms with Crippen molar-refractivity contribution in [2.24, 2.45) is 23.7 Å². The summed E-state index contributed by atoms with van der Waals surface area (Å²) in [7, 11) is -3.84. The van der Waals surface area contributed by atoms with Crippen LogP contribution in [0.5, 0.6) is 0 Å². The summed E-state index contributed by atoms with van der Waals surface area (Å²) in [4.78, 5) is 15.8. The van der Waals surface area contributed by atoms with Gasteiger partial charge in [-0.3, -0.25) is 4.79 Å². The van der Waals surface area contributed by atoms with Crippen molar-refractivity contribution in [2.75, 3.05) is 19.6 Å². The molecule has 1 amide bonds. The number of carbonyl (C=O) groups excluding carboxylic acids is 1. The molecule has 0 spiro atoms. The lowest BCUT2D eigenvalue weighted by Gasteiger charge is -2.57. The van der Waals surface area contributed by atoms with Crippen molar-refractivity contribution in [2.45, 2.75) is 76.0 Å². The van der Waals surface area contributed by atoms with Crippen molar-refractivity contribution in [3.63, 3.8) is 0 Å². The van der Waals surface area contributed by atoms with E-state index in [0.29, 0.717) is 23.9 Å². The highest BCUT2D eigenvalue weighted by atomic mass is 35.5. The highest BCUT2D eigenvalue weighted by Crippen LogP contribution is 2.55. The van der Waals surface area contributed by atoms with Crippen LogP contribution in [-0.4, -0.2) is 61.4 Å². The molecule has 0 N–H and O–H groups in total. The first-order chi connectivity index (χ1) is 15.7.